The molecule has 1 aromatic heterocycles. The van der Waals surface area contributed by atoms with Gasteiger partial charge >= 0.3 is 5.91 Å². The molecular weight excluding hydrogens is 504 g/mol. The van der Waals surface area contributed by atoms with Crippen LogP contribution in [0.4, 0.5) is 5.88 Å². The van der Waals surface area contributed by atoms with Crippen molar-refractivity contribution in [1.82, 2.24) is 5.16 Å². The van der Waals surface area contributed by atoms with Crippen molar-refractivity contribution in [3.8, 4) is 11.1 Å². The average molecular weight is 542 g/mol. The Bertz CT molecular complexity index is 1420. The van der Waals surface area contributed by atoms with Crippen molar-refractivity contribution in [2.24, 2.45) is 11.7 Å². The second-order valence-electron chi connectivity index (χ2n) is 9.93. The van der Waals surface area contributed by atoms with Gasteiger partial charge in [-0.15, -0.1) is 0 Å². The van der Waals surface area contributed by atoms with Gasteiger partial charge in [-0.1, -0.05) is 68.4 Å². The number of sulfonamides is 1. The van der Waals surface area contributed by atoms with Crippen LogP contribution in [0.2, 0.25) is 0 Å². The van der Waals surface area contributed by atoms with Crippen molar-refractivity contribution in [2.45, 2.75) is 64.9 Å². The molecule has 9 nitrogen and oxygen atoms in total. The fourth-order valence-electron chi connectivity index (χ4n) is 4.85. The summed E-state index contributed by atoms with van der Waals surface area (Å²) in [6, 6.07) is 13.4. The van der Waals surface area contributed by atoms with E-state index in [2.05, 4.69) is 9.88 Å². The Morgan fingerprint density at radius 1 is 1.08 bits per heavy atom. The van der Waals surface area contributed by atoms with Crippen molar-refractivity contribution < 1.29 is 27.0 Å². The second-order valence-corrected chi connectivity index (χ2v) is 11.6. The molecule has 3 aromatic rings. The third kappa shape index (κ3) is 5.81. The van der Waals surface area contributed by atoms with Crippen LogP contribution in [-0.2, 0) is 26.2 Å². The topological polar surface area (TPSA) is 132 Å². The van der Waals surface area contributed by atoms with Gasteiger partial charge in [0.05, 0.1) is 24.1 Å². The van der Waals surface area contributed by atoms with E-state index in [0.717, 1.165) is 5.56 Å². The molecule has 0 radical (unpaired) electrons. The van der Waals surface area contributed by atoms with Gasteiger partial charge in [0.25, 0.3) is 15.9 Å². The summed E-state index contributed by atoms with van der Waals surface area (Å²) in [5, 5.41) is 3.81. The summed E-state index contributed by atoms with van der Waals surface area (Å²) in [7, 11) is -2.21. The first-order chi connectivity index (χ1) is 17.9. The summed E-state index contributed by atoms with van der Waals surface area (Å²) in [4.78, 5) is 25.7. The molecule has 38 heavy (non-hydrogen) atoms. The molecule has 1 unspecified atom stereocenters. The predicted octanol–water partition coefficient (Wildman–Crippen LogP) is 4.54. The lowest BCUT2D eigenvalue weighted by Crippen LogP contribution is -2.62. The van der Waals surface area contributed by atoms with Gasteiger partial charge in [0, 0.05) is 22.6 Å². The van der Waals surface area contributed by atoms with Crippen LogP contribution in [0, 0.1) is 19.8 Å². The quantitative estimate of drug-likeness (QED) is 0.343. The standard InChI is InChI=1S/C28H36N4O5S/c1-7-18(3)26(27(29)34)32(6,25(33)8-2)17-21-13-15-22(16-14-21)23-11-9-10-12-24(23)38(35,36)31-28-19(4)20(5)30-37-28/h9-16,18,26H,7-8,17H2,1-6H3,(H2-,29,30,31,34)/p+1/t18-,26-,32?/m0/s1. The van der Waals surface area contributed by atoms with Gasteiger partial charge in [-0.25, -0.2) is 22.4 Å². The van der Waals surface area contributed by atoms with E-state index >= 15 is 0 Å². The lowest BCUT2D eigenvalue weighted by Gasteiger charge is -2.40. The third-order valence-electron chi connectivity index (χ3n) is 7.30. The highest BCUT2D eigenvalue weighted by Gasteiger charge is 2.45. The fourth-order valence-corrected chi connectivity index (χ4v) is 6.12. The van der Waals surface area contributed by atoms with E-state index < -0.39 is 22.0 Å². The highest BCUT2D eigenvalue weighted by Crippen LogP contribution is 2.31. The number of nitrogens with one attached hydrogen (secondary N) is 1. The average Bonchev–Trinajstić information content (AvgIpc) is 3.19. The number of aryl methyl sites for hydroxylation is 1. The SMILES string of the molecule is CCC(=O)[N+](C)(Cc1ccc(-c2ccccc2S(=O)(=O)Nc2onc(C)c2C)cc1)[C@H](C(N)=O)[C@@H](C)CC. The first kappa shape index (κ1) is 29.1. The molecule has 204 valence electrons. The minimum absolute atomic E-state index is 0.0707. The van der Waals surface area contributed by atoms with E-state index in [1.165, 1.54) is 6.07 Å². The Kier molecular flexibility index (Phi) is 8.79. The highest BCUT2D eigenvalue weighted by atomic mass is 32.2. The number of hydrogen-bond acceptors (Lipinski definition) is 6. The van der Waals surface area contributed by atoms with Crippen LogP contribution in [0.3, 0.4) is 0 Å². The van der Waals surface area contributed by atoms with Gasteiger partial charge in [0.15, 0.2) is 6.04 Å². The summed E-state index contributed by atoms with van der Waals surface area (Å²) in [6.07, 6.45) is 0.987. The van der Waals surface area contributed by atoms with Crippen LogP contribution in [0.25, 0.3) is 11.1 Å². The van der Waals surface area contributed by atoms with Crippen LogP contribution >= 0.6 is 0 Å². The van der Waals surface area contributed by atoms with Crippen LogP contribution < -0.4 is 10.5 Å². The molecule has 0 saturated heterocycles. The number of primary amides is 1. The lowest BCUT2D eigenvalue weighted by molar-refractivity contribution is -0.868. The van der Waals surface area contributed by atoms with Gasteiger partial charge in [-0.2, -0.15) is 0 Å². The molecule has 0 spiro atoms. The highest BCUT2D eigenvalue weighted by molar-refractivity contribution is 7.92. The normalized spacial score (nSPS) is 14.9. The zero-order valence-electron chi connectivity index (χ0n) is 22.8. The van der Waals surface area contributed by atoms with E-state index in [1.54, 1.807) is 46.0 Å². The zero-order valence-corrected chi connectivity index (χ0v) is 23.6. The Morgan fingerprint density at radius 2 is 1.71 bits per heavy atom. The van der Waals surface area contributed by atoms with Crippen molar-refractivity contribution in [1.29, 1.82) is 0 Å². The van der Waals surface area contributed by atoms with Gasteiger partial charge in [0.2, 0.25) is 5.88 Å². The molecule has 0 bridgehead atoms. The largest absolute Gasteiger partial charge is 0.364 e. The number of carbonyl (C=O) groups is 2. The smallest absolute Gasteiger partial charge is 0.314 e. The van der Waals surface area contributed by atoms with Gasteiger partial charge in [0.1, 0.15) is 6.54 Å². The molecule has 0 saturated carbocycles. The minimum atomic E-state index is -3.97. The predicted molar refractivity (Wildman–Crippen MR) is 146 cm³/mol. The van der Waals surface area contributed by atoms with E-state index in [-0.39, 0.29) is 40.1 Å². The number of quaternary nitrogens is 1. The molecule has 2 amide bonds. The maximum atomic E-state index is 13.3. The number of benzene rings is 2. The van der Waals surface area contributed by atoms with Crippen LogP contribution in [0.1, 0.15) is 50.4 Å². The third-order valence-corrected chi connectivity index (χ3v) is 8.69. The molecule has 0 aliphatic carbocycles. The Labute approximate surface area is 224 Å². The minimum Gasteiger partial charge on any atom is -0.364 e. The lowest BCUT2D eigenvalue weighted by atomic mass is 9.93. The van der Waals surface area contributed by atoms with E-state index in [1.807, 2.05) is 38.1 Å². The van der Waals surface area contributed by atoms with Crippen LogP contribution in [0.15, 0.2) is 57.9 Å². The number of nitrogens with two attached hydrogens (primary N) is 1. The van der Waals surface area contributed by atoms with Crippen LogP contribution in [0.5, 0.6) is 0 Å². The van der Waals surface area contributed by atoms with Crippen molar-refractivity contribution in [3.63, 3.8) is 0 Å². The van der Waals surface area contributed by atoms with Crippen molar-refractivity contribution in [3.05, 3.63) is 65.4 Å². The summed E-state index contributed by atoms with van der Waals surface area (Å²) < 4.78 is 34.1. The molecule has 3 rings (SSSR count). The van der Waals surface area contributed by atoms with Crippen molar-refractivity contribution >= 4 is 27.7 Å². The Hall–Kier alpha value is -3.50. The molecule has 0 aliphatic heterocycles. The summed E-state index contributed by atoms with van der Waals surface area (Å²) in [5.74, 6) is -0.563. The second kappa shape index (κ2) is 11.5. The maximum Gasteiger partial charge on any atom is 0.314 e. The zero-order chi connectivity index (χ0) is 28.3. The molecule has 3 N–H and O–H groups in total. The summed E-state index contributed by atoms with van der Waals surface area (Å²) in [5.41, 5.74) is 9.03. The number of rotatable bonds is 11. The first-order valence-electron chi connectivity index (χ1n) is 12.7. The summed E-state index contributed by atoms with van der Waals surface area (Å²) in [6.45, 7) is 9.44. The fraction of sp³-hybridized carbons (Fsp3) is 0.393. The number of likely N-dealkylation sites (N-methyl/N-ethyl adjacent to an activating group) is 1. The van der Waals surface area contributed by atoms with Gasteiger partial charge < -0.3 is 10.3 Å². The van der Waals surface area contributed by atoms with E-state index in [4.69, 9.17) is 10.3 Å². The van der Waals surface area contributed by atoms with Crippen molar-refractivity contribution in [2.75, 3.05) is 11.8 Å². The molecule has 3 atom stereocenters. The first-order valence-corrected chi connectivity index (χ1v) is 14.2. The van der Waals surface area contributed by atoms with Gasteiger partial charge in [-0.3, -0.25) is 4.79 Å². The molecule has 0 aliphatic rings. The molecular formula is C28H37N4O5S+. The number of anilines is 1. The van der Waals surface area contributed by atoms with E-state index in [0.29, 0.717) is 28.8 Å². The number of hydrogen-bond donors (Lipinski definition) is 2. The number of amides is 2. The number of carbonyl (C=O) groups excluding carboxylic acids is 2. The Morgan fingerprint density at radius 3 is 2.24 bits per heavy atom. The van der Waals surface area contributed by atoms with E-state index in [9.17, 15) is 18.0 Å². The molecule has 1 heterocycles. The Balaban J connectivity index is 1.96. The van der Waals surface area contributed by atoms with Crippen LogP contribution in [-0.4, -0.2) is 43.0 Å². The molecule has 0 fully saturated rings. The number of nitrogens with zero attached hydrogens (tertiary/aromatic N) is 2. The molecule has 10 heteroatoms. The molecule has 2 aromatic carbocycles. The maximum absolute atomic E-state index is 13.3. The summed E-state index contributed by atoms with van der Waals surface area (Å²) >= 11 is 0. The van der Waals surface area contributed by atoms with Gasteiger partial charge in [-0.05, 0) is 31.9 Å². The monoisotopic (exact) mass is 541 g/mol. The number of aromatic nitrogens is 1.